The third kappa shape index (κ3) is 2.99. The van der Waals surface area contributed by atoms with Gasteiger partial charge < -0.3 is 16.0 Å². The molecule has 0 atom stereocenters. The van der Waals surface area contributed by atoms with Gasteiger partial charge in [0, 0.05) is 24.5 Å². The molecule has 0 spiro atoms. The maximum absolute atomic E-state index is 12.1. The summed E-state index contributed by atoms with van der Waals surface area (Å²) in [6, 6.07) is 9.50. The third-order valence-electron chi connectivity index (χ3n) is 2.79. The largest absolute Gasteiger partial charge is 0.367 e. The normalized spacial score (nSPS) is 10.3. The SMILES string of the molecule is NCCc1ccccc1C(=O)NCc1cc[nH]c1. The number of hydrogen-bond donors (Lipinski definition) is 3. The molecule has 94 valence electrons. The van der Waals surface area contributed by atoms with E-state index in [1.165, 1.54) is 0 Å². The summed E-state index contributed by atoms with van der Waals surface area (Å²) < 4.78 is 0. The summed E-state index contributed by atoms with van der Waals surface area (Å²) in [7, 11) is 0. The monoisotopic (exact) mass is 243 g/mol. The molecule has 0 saturated heterocycles. The standard InChI is InChI=1S/C14H17N3O/c15-7-5-12-3-1-2-4-13(12)14(18)17-10-11-6-8-16-9-11/h1-4,6,8-9,16H,5,7,10,15H2,(H,17,18). The first-order valence-corrected chi connectivity index (χ1v) is 5.99. The molecule has 0 aliphatic carbocycles. The summed E-state index contributed by atoms with van der Waals surface area (Å²) >= 11 is 0. The molecule has 4 N–H and O–H groups in total. The summed E-state index contributed by atoms with van der Waals surface area (Å²) in [5.74, 6) is -0.0553. The second-order valence-corrected chi connectivity index (χ2v) is 4.10. The van der Waals surface area contributed by atoms with Gasteiger partial charge in [0.15, 0.2) is 0 Å². The summed E-state index contributed by atoms with van der Waals surface area (Å²) in [5.41, 5.74) is 8.30. The summed E-state index contributed by atoms with van der Waals surface area (Å²) in [6.07, 6.45) is 4.42. The van der Waals surface area contributed by atoms with Gasteiger partial charge in [-0.2, -0.15) is 0 Å². The van der Waals surface area contributed by atoms with Crippen molar-refractivity contribution >= 4 is 5.91 Å². The number of aromatic amines is 1. The van der Waals surface area contributed by atoms with Crippen LogP contribution in [0.25, 0.3) is 0 Å². The number of H-pyrrole nitrogens is 1. The Balaban J connectivity index is 2.04. The lowest BCUT2D eigenvalue weighted by Crippen LogP contribution is -2.24. The minimum Gasteiger partial charge on any atom is -0.367 e. The second kappa shape index (κ2) is 6.02. The maximum Gasteiger partial charge on any atom is 0.251 e. The molecule has 1 aromatic carbocycles. The summed E-state index contributed by atoms with van der Waals surface area (Å²) in [6.45, 7) is 1.07. The number of nitrogens with two attached hydrogens (primary N) is 1. The lowest BCUT2D eigenvalue weighted by Gasteiger charge is -2.08. The van der Waals surface area contributed by atoms with Crippen LogP contribution < -0.4 is 11.1 Å². The van der Waals surface area contributed by atoms with Crippen molar-refractivity contribution in [1.29, 1.82) is 0 Å². The topological polar surface area (TPSA) is 70.9 Å². The van der Waals surface area contributed by atoms with Crippen molar-refractivity contribution in [2.45, 2.75) is 13.0 Å². The van der Waals surface area contributed by atoms with Gasteiger partial charge >= 0.3 is 0 Å². The molecule has 0 bridgehead atoms. The number of benzene rings is 1. The fourth-order valence-electron chi connectivity index (χ4n) is 1.86. The van der Waals surface area contributed by atoms with Gasteiger partial charge in [-0.15, -0.1) is 0 Å². The Labute approximate surface area is 106 Å². The van der Waals surface area contributed by atoms with E-state index < -0.39 is 0 Å². The van der Waals surface area contributed by atoms with Crippen molar-refractivity contribution in [2.24, 2.45) is 5.73 Å². The number of rotatable bonds is 5. The Hall–Kier alpha value is -2.07. The van der Waals surface area contributed by atoms with Crippen LogP contribution in [-0.2, 0) is 13.0 Å². The van der Waals surface area contributed by atoms with E-state index in [1.807, 2.05) is 42.7 Å². The maximum atomic E-state index is 12.1. The molecular weight excluding hydrogens is 226 g/mol. The second-order valence-electron chi connectivity index (χ2n) is 4.10. The number of carbonyl (C=O) groups excluding carboxylic acids is 1. The van der Waals surface area contributed by atoms with Crippen LogP contribution in [0.4, 0.5) is 0 Å². The number of carbonyl (C=O) groups is 1. The van der Waals surface area contributed by atoms with E-state index in [-0.39, 0.29) is 5.91 Å². The van der Waals surface area contributed by atoms with Crippen LogP contribution in [-0.4, -0.2) is 17.4 Å². The molecule has 1 heterocycles. The van der Waals surface area contributed by atoms with Crippen LogP contribution in [0, 0.1) is 0 Å². The van der Waals surface area contributed by atoms with Gasteiger partial charge in [0.1, 0.15) is 0 Å². The van der Waals surface area contributed by atoms with Gasteiger partial charge in [0.2, 0.25) is 0 Å². The number of nitrogens with one attached hydrogen (secondary N) is 2. The summed E-state index contributed by atoms with van der Waals surface area (Å²) in [5, 5.41) is 2.90. The number of hydrogen-bond acceptors (Lipinski definition) is 2. The highest BCUT2D eigenvalue weighted by atomic mass is 16.1. The van der Waals surface area contributed by atoms with Gasteiger partial charge in [0.25, 0.3) is 5.91 Å². The van der Waals surface area contributed by atoms with Gasteiger partial charge in [-0.25, -0.2) is 0 Å². The highest BCUT2D eigenvalue weighted by Crippen LogP contribution is 2.09. The van der Waals surface area contributed by atoms with Crippen molar-refractivity contribution < 1.29 is 4.79 Å². The fraction of sp³-hybridized carbons (Fsp3) is 0.214. The van der Waals surface area contributed by atoms with Crippen molar-refractivity contribution in [2.75, 3.05) is 6.54 Å². The molecule has 18 heavy (non-hydrogen) atoms. The molecule has 2 rings (SSSR count). The molecular formula is C14H17N3O. The molecule has 4 nitrogen and oxygen atoms in total. The average Bonchev–Trinajstić information content (AvgIpc) is 2.90. The van der Waals surface area contributed by atoms with Crippen LogP contribution >= 0.6 is 0 Å². The van der Waals surface area contributed by atoms with Crippen LogP contribution in [0.5, 0.6) is 0 Å². The smallest absolute Gasteiger partial charge is 0.251 e. The Kier molecular flexibility index (Phi) is 4.15. The van der Waals surface area contributed by atoms with Gasteiger partial charge in [-0.05, 0) is 36.2 Å². The van der Waals surface area contributed by atoms with E-state index in [4.69, 9.17) is 5.73 Å². The van der Waals surface area contributed by atoms with Crippen molar-refractivity contribution in [3.05, 3.63) is 59.4 Å². The Morgan fingerprint density at radius 3 is 2.83 bits per heavy atom. The zero-order chi connectivity index (χ0) is 12.8. The Bertz CT molecular complexity index is 506. The van der Waals surface area contributed by atoms with E-state index in [2.05, 4.69) is 10.3 Å². The van der Waals surface area contributed by atoms with E-state index >= 15 is 0 Å². The minimum absolute atomic E-state index is 0.0553. The first-order chi connectivity index (χ1) is 8.81. The van der Waals surface area contributed by atoms with Crippen molar-refractivity contribution in [3.63, 3.8) is 0 Å². The molecule has 0 aliphatic rings. The predicted octanol–water partition coefficient (Wildman–Crippen LogP) is 1.45. The van der Waals surface area contributed by atoms with Gasteiger partial charge in [0.05, 0.1) is 0 Å². The van der Waals surface area contributed by atoms with Crippen molar-refractivity contribution in [1.82, 2.24) is 10.3 Å². The fourth-order valence-corrected chi connectivity index (χ4v) is 1.86. The molecule has 1 amide bonds. The molecule has 0 radical (unpaired) electrons. The molecule has 1 aromatic heterocycles. The van der Waals surface area contributed by atoms with Gasteiger partial charge in [-0.1, -0.05) is 18.2 Å². The van der Waals surface area contributed by atoms with E-state index in [9.17, 15) is 4.79 Å². The lowest BCUT2D eigenvalue weighted by molar-refractivity contribution is 0.0950. The first-order valence-electron chi connectivity index (χ1n) is 5.99. The Morgan fingerprint density at radius 2 is 2.11 bits per heavy atom. The van der Waals surface area contributed by atoms with Crippen LogP contribution in [0.3, 0.4) is 0 Å². The highest BCUT2D eigenvalue weighted by molar-refractivity contribution is 5.95. The molecule has 2 aromatic rings. The number of amides is 1. The zero-order valence-corrected chi connectivity index (χ0v) is 10.1. The highest BCUT2D eigenvalue weighted by Gasteiger charge is 2.09. The summed E-state index contributed by atoms with van der Waals surface area (Å²) in [4.78, 5) is 15.0. The molecule has 0 saturated carbocycles. The quantitative estimate of drug-likeness (QED) is 0.743. The molecule has 0 aliphatic heterocycles. The van der Waals surface area contributed by atoms with Gasteiger partial charge in [-0.3, -0.25) is 4.79 Å². The molecule has 4 heteroatoms. The van der Waals surface area contributed by atoms with E-state index in [1.54, 1.807) is 0 Å². The predicted molar refractivity (Wildman–Crippen MR) is 71.2 cm³/mol. The third-order valence-corrected chi connectivity index (χ3v) is 2.79. The van der Waals surface area contributed by atoms with E-state index in [0.29, 0.717) is 25.1 Å². The van der Waals surface area contributed by atoms with Crippen LogP contribution in [0.1, 0.15) is 21.5 Å². The van der Waals surface area contributed by atoms with E-state index in [0.717, 1.165) is 11.1 Å². The first kappa shape index (κ1) is 12.4. The van der Waals surface area contributed by atoms with Crippen LogP contribution in [0.2, 0.25) is 0 Å². The van der Waals surface area contributed by atoms with Crippen LogP contribution in [0.15, 0.2) is 42.7 Å². The lowest BCUT2D eigenvalue weighted by atomic mass is 10.0. The zero-order valence-electron chi connectivity index (χ0n) is 10.1. The number of aromatic nitrogens is 1. The Morgan fingerprint density at radius 1 is 1.28 bits per heavy atom. The molecule has 0 fully saturated rings. The average molecular weight is 243 g/mol. The molecule has 0 unspecified atom stereocenters. The van der Waals surface area contributed by atoms with Crippen molar-refractivity contribution in [3.8, 4) is 0 Å². The minimum atomic E-state index is -0.0553.